The quantitative estimate of drug-likeness (QED) is 0.521. The van der Waals surface area contributed by atoms with Crippen LogP contribution in [0.1, 0.15) is 10.4 Å². The van der Waals surface area contributed by atoms with Gasteiger partial charge in [0.15, 0.2) is 0 Å². The summed E-state index contributed by atoms with van der Waals surface area (Å²) in [5, 5.41) is 11.6. The molecular weight excluding hydrogens is 398 g/mol. The van der Waals surface area contributed by atoms with Crippen LogP contribution in [0.5, 0.6) is 0 Å². The number of rotatable bonds is 8. The zero-order valence-corrected chi connectivity index (χ0v) is 16.6. The van der Waals surface area contributed by atoms with E-state index in [4.69, 9.17) is 0 Å². The highest BCUT2D eigenvalue weighted by atomic mass is 79.9. The van der Waals surface area contributed by atoms with Crippen molar-refractivity contribution in [2.75, 3.05) is 14.1 Å². The number of aliphatic imine (C=N–C) groups is 1. The van der Waals surface area contributed by atoms with Gasteiger partial charge in [-0.25, -0.2) is 0 Å². The topological polar surface area (TPSA) is 52.9 Å². The number of halogens is 1. The molecule has 2 aromatic rings. The van der Waals surface area contributed by atoms with Crippen molar-refractivity contribution in [2.45, 2.75) is 6.54 Å². The monoisotopic (exact) mass is 417 g/mol. The summed E-state index contributed by atoms with van der Waals surface area (Å²) in [6.07, 6.45) is 7.23. The molecule has 2 heterocycles. The standard InChI is InChI=1S/C18H20BrN5S/c1-14(19)11-23-24(3)18(22-13-15-6-4-8-21-12-15)10-16(20-2)17-7-5-9-25-17/h4-12,22H,1,13H2,2-3H3/b18-10-,20-16+,23-11-. The first-order valence-electron chi connectivity index (χ1n) is 7.57. The van der Waals surface area contributed by atoms with Crippen LogP contribution in [0.15, 0.2) is 75.1 Å². The van der Waals surface area contributed by atoms with E-state index < -0.39 is 0 Å². The van der Waals surface area contributed by atoms with E-state index in [0.29, 0.717) is 11.0 Å². The molecular formula is C18H20BrN5S. The maximum absolute atomic E-state index is 4.40. The predicted octanol–water partition coefficient (Wildman–Crippen LogP) is 4.02. The van der Waals surface area contributed by atoms with Crippen LogP contribution in [-0.2, 0) is 6.54 Å². The summed E-state index contributed by atoms with van der Waals surface area (Å²) < 4.78 is 0.702. The molecule has 0 bridgehead atoms. The van der Waals surface area contributed by atoms with Crippen LogP contribution in [0.3, 0.4) is 0 Å². The average molecular weight is 418 g/mol. The first-order valence-corrected chi connectivity index (χ1v) is 9.24. The number of nitrogens with one attached hydrogen (secondary N) is 1. The highest BCUT2D eigenvalue weighted by Gasteiger charge is 2.08. The van der Waals surface area contributed by atoms with Gasteiger partial charge in [-0.05, 0) is 39.0 Å². The fourth-order valence-corrected chi connectivity index (χ4v) is 2.79. The lowest BCUT2D eigenvalue weighted by Gasteiger charge is -2.19. The van der Waals surface area contributed by atoms with Gasteiger partial charge in [0.2, 0.25) is 0 Å². The Balaban J connectivity index is 2.24. The molecule has 2 aromatic heterocycles. The van der Waals surface area contributed by atoms with Crippen LogP contribution in [0.25, 0.3) is 0 Å². The van der Waals surface area contributed by atoms with Crippen LogP contribution in [0.2, 0.25) is 0 Å². The van der Waals surface area contributed by atoms with Crippen molar-refractivity contribution in [2.24, 2.45) is 10.1 Å². The van der Waals surface area contributed by atoms with Gasteiger partial charge in [-0.1, -0.05) is 18.7 Å². The molecule has 0 aliphatic carbocycles. The van der Waals surface area contributed by atoms with Gasteiger partial charge in [0.05, 0.1) is 16.8 Å². The Labute approximate surface area is 160 Å². The zero-order chi connectivity index (χ0) is 18.1. The van der Waals surface area contributed by atoms with Gasteiger partial charge in [-0.3, -0.25) is 15.0 Å². The molecule has 0 fully saturated rings. The second-order valence-corrected chi connectivity index (χ2v) is 7.01. The van der Waals surface area contributed by atoms with Gasteiger partial charge in [0.1, 0.15) is 5.82 Å². The molecule has 0 saturated heterocycles. The van der Waals surface area contributed by atoms with Crippen LogP contribution in [-0.4, -0.2) is 36.0 Å². The third-order valence-electron chi connectivity index (χ3n) is 3.20. The van der Waals surface area contributed by atoms with E-state index in [9.17, 15) is 0 Å². The fourth-order valence-electron chi connectivity index (χ4n) is 1.97. The van der Waals surface area contributed by atoms with E-state index in [0.717, 1.165) is 22.0 Å². The zero-order valence-electron chi connectivity index (χ0n) is 14.2. The lowest BCUT2D eigenvalue weighted by Crippen LogP contribution is -2.26. The molecule has 25 heavy (non-hydrogen) atoms. The fraction of sp³-hybridized carbons (Fsp3) is 0.167. The van der Waals surface area contributed by atoms with Gasteiger partial charge in [0, 0.05) is 43.6 Å². The third-order valence-corrected chi connectivity index (χ3v) is 4.30. The summed E-state index contributed by atoms with van der Waals surface area (Å²) in [6.45, 7) is 4.40. The molecule has 130 valence electrons. The van der Waals surface area contributed by atoms with Crippen molar-refractivity contribution in [3.8, 4) is 0 Å². The summed E-state index contributed by atoms with van der Waals surface area (Å²) in [4.78, 5) is 9.64. The Bertz CT molecular complexity index is 766. The van der Waals surface area contributed by atoms with E-state index in [2.05, 4.69) is 42.9 Å². The summed E-state index contributed by atoms with van der Waals surface area (Å²) in [7, 11) is 3.66. The molecule has 0 spiro atoms. The third kappa shape index (κ3) is 6.28. The molecule has 0 aliphatic rings. The van der Waals surface area contributed by atoms with Crippen molar-refractivity contribution in [1.29, 1.82) is 0 Å². The smallest absolute Gasteiger partial charge is 0.124 e. The highest BCUT2D eigenvalue weighted by Crippen LogP contribution is 2.13. The molecule has 1 N–H and O–H groups in total. The maximum atomic E-state index is 4.40. The second kappa shape index (κ2) is 9.90. The number of nitrogens with zero attached hydrogens (tertiary/aromatic N) is 4. The molecule has 0 amide bonds. The number of hydrazone groups is 1. The molecule has 0 aromatic carbocycles. The van der Waals surface area contributed by atoms with Crippen molar-refractivity contribution in [3.63, 3.8) is 0 Å². The number of allylic oxidation sites excluding steroid dienone is 2. The summed E-state index contributed by atoms with van der Waals surface area (Å²) >= 11 is 4.93. The Hall–Kier alpha value is -2.25. The van der Waals surface area contributed by atoms with Gasteiger partial charge >= 0.3 is 0 Å². The first kappa shape index (κ1) is 19.1. The Kier molecular flexibility index (Phi) is 7.56. The van der Waals surface area contributed by atoms with Gasteiger partial charge in [0.25, 0.3) is 0 Å². The van der Waals surface area contributed by atoms with E-state index >= 15 is 0 Å². The minimum Gasteiger partial charge on any atom is -0.366 e. The maximum Gasteiger partial charge on any atom is 0.124 e. The summed E-state index contributed by atoms with van der Waals surface area (Å²) in [5.41, 5.74) is 1.98. The number of thiophene rings is 1. The minimum atomic E-state index is 0.635. The van der Waals surface area contributed by atoms with Gasteiger partial charge < -0.3 is 5.32 Å². The molecule has 2 rings (SSSR count). The van der Waals surface area contributed by atoms with Crippen molar-refractivity contribution in [1.82, 2.24) is 15.3 Å². The Morgan fingerprint density at radius 1 is 1.44 bits per heavy atom. The van der Waals surface area contributed by atoms with Gasteiger partial charge in [-0.15, -0.1) is 11.3 Å². The Morgan fingerprint density at radius 3 is 2.88 bits per heavy atom. The average Bonchev–Trinajstić information content (AvgIpc) is 3.15. The normalized spacial score (nSPS) is 12.4. The molecule has 0 atom stereocenters. The number of aromatic nitrogens is 1. The highest BCUT2D eigenvalue weighted by molar-refractivity contribution is 9.12. The molecule has 7 heteroatoms. The van der Waals surface area contributed by atoms with Crippen molar-refractivity contribution < 1.29 is 0 Å². The molecule has 0 aliphatic heterocycles. The van der Waals surface area contributed by atoms with Crippen molar-refractivity contribution in [3.05, 3.63) is 75.4 Å². The minimum absolute atomic E-state index is 0.635. The largest absolute Gasteiger partial charge is 0.366 e. The first-order chi connectivity index (χ1) is 12.1. The van der Waals surface area contributed by atoms with E-state index in [1.165, 1.54) is 0 Å². The van der Waals surface area contributed by atoms with Crippen molar-refractivity contribution >= 4 is 39.2 Å². The van der Waals surface area contributed by atoms with Crippen LogP contribution >= 0.6 is 27.3 Å². The van der Waals surface area contributed by atoms with Crippen LogP contribution < -0.4 is 5.32 Å². The van der Waals surface area contributed by atoms with Gasteiger partial charge in [-0.2, -0.15) is 5.10 Å². The van der Waals surface area contributed by atoms with Crippen LogP contribution in [0, 0.1) is 0 Å². The molecule has 0 radical (unpaired) electrons. The SMILES string of the molecule is C=C(Br)/C=N\N(C)/C(=C\C(=N/C)c1cccs1)NCc1cccnc1. The number of hydrogen-bond donors (Lipinski definition) is 1. The summed E-state index contributed by atoms with van der Waals surface area (Å²) in [5.74, 6) is 0.822. The number of hydrogen-bond acceptors (Lipinski definition) is 6. The predicted molar refractivity (Wildman–Crippen MR) is 110 cm³/mol. The summed E-state index contributed by atoms with van der Waals surface area (Å²) in [6, 6.07) is 8.00. The van der Waals surface area contributed by atoms with E-state index in [1.54, 1.807) is 35.8 Å². The Morgan fingerprint density at radius 2 is 2.28 bits per heavy atom. The lowest BCUT2D eigenvalue weighted by molar-refractivity contribution is 0.408. The van der Waals surface area contributed by atoms with E-state index in [-0.39, 0.29) is 0 Å². The number of pyridine rings is 1. The molecule has 5 nitrogen and oxygen atoms in total. The second-order valence-electron chi connectivity index (χ2n) is 5.05. The molecule has 0 saturated carbocycles. The van der Waals surface area contributed by atoms with Crippen LogP contribution in [0.4, 0.5) is 0 Å². The molecule has 0 unspecified atom stereocenters. The van der Waals surface area contributed by atoms with E-state index in [1.807, 2.05) is 49.0 Å². The lowest BCUT2D eigenvalue weighted by atomic mass is 10.2.